The van der Waals surface area contributed by atoms with E-state index in [4.69, 9.17) is 14.8 Å². The molecular weight excluding hydrogens is 443 g/mol. The zero-order valence-corrected chi connectivity index (χ0v) is 22.4. The zero-order valence-electron chi connectivity index (χ0n) is 16.9. The van der Waals surface area contributed by atoms with Crippen LogP contribution < -0.4 is 94.4 Å². The molecule has 0 radical (unpaired) electrons. The van der Waals surface area contributed by atoms with Crippen LogP contribution in [0.5, 0.6) is 0 Å². The van der Waals surface area contributed by atoms with Gasteiger partial charge in [-0.2, -0.15) is 25.3 Å². The molecular formula is C10H12NNa3O9S3. The average Bonchev–Trinajstić information content (AvgIpc) is 2.33. The quantitative estimate of drug-likeness (QED) is 0.196. The summed E-state index contributed by atoms with van der Waals surface area (Å²) in [5.41, 5.74) is 5.09. The molecule has 10 nitrogen and oxygen atoms in total. The van der Waals surface area contributed by atoms with Gasteiger partial charge in [-0.1, -0.05) is 0 Å². The van der Waals surface area contributed by atoms with Gasteiger partial charge >= 0.3 is 88.7 Å². The second-order valence-corrected chi connectivity index (χ2v) is 8.69. The van der Waals surface area contributed by atoms with Gasteiger partial charge in [-0.25, -0.2) is 0 Å². The zero-order chi connectivity index (χ0) is 17.8. The van der Waals surface area contributed by atoms with Crippen molar-refractivity contribution in [3.8, 4) is 0 Å². The van der Waals surface area contributed by atoms with Crippen molar-refractivity contribution in [2.45, 2.75) is 14.7 Å². The summed E-state index contributed by atoms with van der Waals surface area (Å²) < 4.78 is 94.8. The van der Waals surface area contributed by atoms with Gasteiger partial charge in [0, 0.05) is 11.1 Å². The molecule has 0 bridgehead atoms. The van der Waals surface area contributed by atoms with Crippen molar-refractivity contribution in [2.75, 3.05) is 5.73 Å². The number of nitrogen functional groups attached to an aromatic ring is 1. The number of rotatable bonds is 3. The molecule has 16 heteroatoms. The molecule has 0 unspecified atom stereocenters. The van der Waals surface area contributed by atoms with Crippen LogP contribution in [-0.2, 0) is 30.4 Å². The number of hydrogen-bond acceptors (Lipinski definition) is 7. The Morgan fingerprint density at radius 1 is 0.692 bits per heavy atom. The standard InChI is InChI=1S/C10H9NO9S3.3Na.3H/c11-8-3-6(21(12,13)14)1-5-2-7(22(15,16)17)4-9(10(5)8)23(18,19)20;;;;;;/h1-4H,11H2,(H,12,13,14)(H,15,16,17)(H,18,19,20);;;;;;/q;3*+1;3*-1. The van der Waals surface area contributed by atoms with Crippen LogP contribution in [0.3, 0.4) is 0 Å². The van der Waals surface area contributed by atoms with Crippen molar-refractivity contribution in [3.05, 3.63) is 24.3 Å². The van der Waals surface area contributed by atoms with Crippen molar-refractivity contribution < 1.29 is 132 Å². The van der Waals surface area contributed by atoms with Crippen LogP contribution in [0.2, 0.25) is 0 Å². The van der Waals surface area contributed by atoms with Crippen LogP contribution in [0, 0.1) is 0 Å². The summed E-state index contributed by atoms with van der Waals surface area (Å²) in [6.45, 7) is 0. The number of anilines is 1. The molecule has 132 valence electrons. The summed E-state index contributed by atoms with van der Waals surface area (Å²) in [5.74, 6) is 0. The maximum atomic E-state index is 11.4. The van der Waals surface area contributed by atoms with E-state index in [0.29, 0.717) is 6.07 Å². The van der Waals surface area contributed by atoms with Crippen LogP contribution in [0.1, 0.15) is 4.28 Å². The van der Waals surface area contributed by atoms with E-state index in [1.807, 2.05) is 0 Å². The Balaban J connectivity index is -0.000000320. The van der Waals surface area contributed by atoms with E-state index in [0.717, 1.165) is 18.2 Å². The van der Waals surface area contributed by atoms with Gasteiger partial charge in [-0.15, -0.1) is 0 Å². The number of benzene rings is 2. The van der Waals surface area contributed by atoms with Crippen molar-refractivity contribution in [1.29, 1.82) is 0 Å². The third kappa shape index (κ3) is 6.64. The molecule has 0 saturated carbocycles. The van der Waals surface area contributed by atoms with Gasteiger partial charge in [0.2, 0.25) is 0 Å². The minimum Gasteiger partial charge on any atom is -1.00 e. The SMILES string of the molecule is Nc1cc(S(=O)(=O)O)cc2cc(S(=O)(=O)O)cc(S(=O)(=O)O)c12.[H-].[H-].[H-].[Na+].[Na+].[Na+]. The average molecular weight is 455 g/mol. The van der Waals surface area contributed by atoms with Crippen molar-refractivity contribution in [3.63, 3.8) is 0 Å². The van der Waals surface area contributed by atoms with E-state index in [1.165, 1.54) is 0 Å². The first kappa shape index (κ1) is 29.4. The van der Waals surface area contributed by atoms with E-state index in [2.05, 4.69) is 0 Å². The third-order valence-electron chi connectivity index (χ3n) is 2.86. The van der Waals surface area contributed by atoms with Gasteiger partial charge in [-0.3, -0.25) is 13.7 Å². The molecule has 2 rings (SSSR count). The molecule has 0 aliphatic rings. The van der Waals surface area contributed by atoms with E-state index < -0.39 is 50.7 Å². The minimum absolute atomic E-state index is 0. The van der Waals surface area contributed by atoms with Gasteiger partial charge < -0.3 is 10.0 Å². The Kier molecular flexibility index (Phi) is 11.1. The van der Waals surface area contributed by atoms with Crippen molar-refractivity contribution in [1.82, 2.24) is 0 Å². The van der Waals surface area contributed by atoms with Gasteiger partial charge in [0.15, 0.2) is 0 Å². The molecule has 0 atom stereocenters. The minimum atomic E-state index is -4.95. The number of nitrogens with two attached hydrogens (primary N) is 1. The van der Waals surface area contributed by atoms with Crippen LogP contribution in [0.15, 0.2) is 39.0 Å². The predicted octanol–water partition coefficient (Wildman–Crippen LogP) is -8.49. The Bertz CT molecular complexity index is 1150. The smallest absolute Gasteiger partial charge is 1.00 e. The van der Waals surface area contributed by atoms with E-state index in [-0.39, 0.29) is 104 Å². The summed E-state index contributed by atoms with van der Waals surface area (Å²) in [6.07, 6.45) is 0. The summed E-state index contributed by atoms with van der Waals surface area (Å²) >= 11 is 0. The predicted molar refractivity (Wildman–Crippen MR) is 81.1 cm³/mol. The fraction of sp³-hybridized carbons (Fsp3) is 0. The molecule has 0 aliphatic heterocycles. The van der Waals surface area contributed by atoms with Crippen molar-refractivity contribution >= 4 is 46.8 Å². The van der Waals surface area contributed by atoms with E-state index >= 15 is 0 Å². The molecule has 0 saturated heterocycles. The largest absolute Gasteiger partial charge is 1.00 e. The Morgan fingerprint density at radius 2 is 1.08 bits per heavy atom. The topological polar surface area (TPSA) is 189 Å². The molecule has 2 aromatic carbocycles. The van der Waals surface area contributed by atoms with Crippen molar-refractivity contribution in [2.24, 2.45) is 0 Å². The van der Waals surface area contributed by atoms with Crippen LogP contribution in [0.4, 0.5) is 5.69 Å². The van der Waals surface area contributed by atoms with Crippen LogP contribution in [0.25, 0.3) is 10.8 Å². The van der Waals surface area contributed by atoms with E-state index in [9.17, 15) is 29.8 Å². The second-order valence-electron chi connectivity index (χ2n) is 4.46. The Labute approximate surface area is 220 Å². The molecule has 0 spiro atoms. The monoisotopic (exact) mass is 455 g/mol. The molecule has 0 aromatic heterocycles. The molecule has 0 fully saturated rings. The number of fused-ring (bicyclic) bond motifs is 1. The third-order valence-corrected chi connectivity index (χ3v) is 5.40. The van der Waals surface area contributed by atoms with Gasteiger partial charge in [0.1, 0.15) is 4.90 Å². The normalized spacial score (nSPS) is 11.8. The van der Waals surface area contributed by atoms with Gasteiger partial charge in [0.25, 0.3) is 30.4 Å². The first-order valence-electron chi connectivity index (χ1n) is 5.51. The maximum Gasteiger partial charge on any atom is 1.00 e. The molecule has 0 amide bonds. The number of hydrogen-bond donors (Lipinski definition) is 4. The summed E-state index contributed by atoms with van der Waals surface area (Å²) in [5, 5.41) is -0.715. The van der Waals surface area contributed by atoms with Crippen LogP contribution in [-0.4, -0.2) is 38.9 Å². The summed E-state index contributed by atoms with van der Waals surface area (Å²) in [6, 6.07) is 2.69. The Morgan fingerprint density at radius 3 is 1.42 bits per heavy atom. The van der Waals surface area contributed by atoms with Gasteiger partial charge in [0.05, 0.1) is 9.79 Å². The van der Waals surface area contributed by atoms with Gasteiger partial charge in [-0.05, 0) is 29.7 Å². The first-order valence-corrected chi connectivity index (χ1v) is 9.83. The Hall–Kier alpha value is 1.23. The molecule has 0 heterocycles. The second kappa shape index (κ2) is 9.82. The van der Waals surface area contributed by atoms with E-state index in [1.54, 1.807) is 0 Å². The molecule has 5 N–H and O–H groups in total. The summed E-state index contributed by atoms with van der Waals surface area (Å²) in [7, 11) is -14.5. The molecule has 0 aliphatic carbocycles. The first-order chi connectivity index (χ1) is 10.2. The fourth-order valence-corrected chi connectivity index (χ4v) is 3.89. The fourth-order valence-electron chi connectivity index (χ4n) is 1.96. The maximum absolute atomic E-state index is 11.4. The molecule has 2 aromatic rings. The summed E-state index contributed by atoms with van der Waals surface area (Å²) in [4.78, 5) is -2.58. The molecule has 26 heavy (non-hydrogen) atoms. The van der Waals surface area contributed by atoms with Crippen LogP contribution >= 0.6 is 0 Å².